The number of fused-ring (bicyclic) bond motifs is 3. The van der Waals surface area contributed by atoms with Crippen LogP contribution in [-0.4, -0.2) is 154 Å². The lowest BCUT2D eigenvalue weighted by Crippen LogP contribution is -2.61. The van der Waals surface area contributed by atoms with Gasteiger partial charge >= 0.3 is 11.9 Å². The van der Waals surface area contributed by atoms with Crippen LogP contribution in [0, 0.1) is 29.6 Å². The number of rotatable bonds is 8. The van der Waals surface area contributed by atoms with Gasteiger partial charge in [0.05, 0.1) is 30.1 Å². The average Bonchev–Trinajstić information content (AvgIpc) is 3.32. The second kappa shape index (κ2) is 26.9. The van der Waals surface area contributed by atoms with E-state index in [2.05, 4.69) is 5.16 Å². The van der Waals surface area contributed by atoms with Crippen molar-refractivity contribution < 1.29 is 73.3 Å². The highest BCUT2D eigenvalue weighted by Crippen LogP contribution is 2.37. The Labute approximate surface area is 407 Å². The number of nitrogens with two attached hydrogens (primary N) is 1. The number of allylic oxidation sites excluding steroid dienone is 6. The molecule has 1 amide bonds. The van der Waals surface area contributed by atoms with Gasteiger partial charge in [0.2, 0.25) is 12.4 Å². The van der Waals surface area contributed by atoms with Crippen molar-refractivity contribution in [3.05, 3.63) is 47.6 Å². The van der Waals surface area contributed by atoms with Gasteiger partial charge in [0.25, 0.3) is 11.7 Å². The number of nitrogens with zero attached hydrogens (tertiary/aromatic N) is 2. The molecule has 3 fully saturated rings. The average molecular weight is 974 g/mol. The van der Waals surface area contributed by atoms with E-state index in [0.29, 0.717) is 57.8 Å². The quantitative estimate of drug-likeness (QED) is 0.0865. The lowest BCUT2D eigenvalue weighted by molar-refractivity contribution is -0.265. The minimum Gasteiger partial charge on any atom is -0.479 e. The molecule has 1 aliphatic carbocycles. The van der Waals surface area contributed by atoms with Gasteiger partial charge in [-0.1, -0.05) is 69.3 Å². The number of Topliss-reactive ketones (excluding diaryl/α,β-unsaturated/α-hetero) is 2. The van der Waals surface area contributed by atoms with Crippen LogP contribution in [0.2, 0.25) is 0 Å². The third-order valence-corrected chi connectivity index (χ3v) is 14.4. The van der Waals surface area contributed by atoms with Gasteiger partial charge < -0.3 is 60.0 Å². The van der Waals surface area contributed by atoms with Crippen LogP contribution in [0.25, 0.3) is 0 Å². The van der Waals surface area contributed by atoms with Crippen LogP contribution in [0.3, 0.4) is 0 Å². The maximum atomic E-state index is 14.5. The predicted molar refractivity (Wildman–Crippen MR) is 255 cm³/mol. The number of hydrogen-bond acceptors (Lipinski definition) is 16. The van der Waals surface area contributed by atoms with Gasteiger partial charge in [0, 0.05) is 57.4 Å². The number of amides is 1. The molecule has 3 heterocycles. The van der Waals surface area contributed by atoms with Crippen LogP contribution in [0.5, 0.6) is 0 Å². The number of esters is 1. The zero-order chi connectivity index (χ0) is 51.2. The van der Waals surface area contributed by atoms with Crippen molar-refractivity contribution in [1.82, 2.24) is 4.90 Å². The smallest absolute Gasteiger partial charge is 0.344 e. The van der Waals surface area contributed by atoms with E-state index in [1.807, 2.05) is 44.2 Å². The summed E-state index contributed by atoms with van der Waals surface area (Å²) in [5.74, 6) is -9.81. The molecule has 0 unspecified atom stereocenters. The van der Waals surface area contributed by atoms with Crippen molar-refractivity contribution in [3.63, 3.8) is 0 Å². The largest absolute Gasteiger partial charge is 0.479 e. The Morgan fingerprint density at radius 3 is 2.32 bits per heavy atom. The van der Waals surface area contributed by atoms with Gasteiger partial charge in [0.15, 0.2) is 5.78 Å². The molecule has 388 valence electrons. The molecule has 2 saturated heterocycles. The number of cyclic esters (lactones) is 1. The molecule has 7 N–H and O–H groups in total. The second-order valence-corrected chi connectivity index (χ2v) is 19.8. The van der Waals surface area contributed by atoms with Crippen molar-refractivity contribution in [1.29, 1.82) is 0 Å². The van der Waals surface area contributed by atoms with Gasteiger partial charge in [0.1, 0.15) is 24.4 Å². The Hall–Kier alpha value is -4.14. The number of carboxylic acid groups (broad SMARTS) is 1. The summed E-state index contributed by atoms with van der Waals surface area (Å²) in [6.07, 6.45) is 8.27. The van der Waals surface area contributed by atoms with Crippen molar-refractivity contribution in [2.75, 3.05) is 27.4 Å². The molecule has 4 rings (SSSR count). The fraction of sp³-hybridized carbons (Fsp3) is 0.725. The van der Waals surface area contributed by atoms with E-state index in [9.17, 15) is 49.5 Å². The third kappa shape index (κ3) is 15.9. The number of aliphatic hydroxyl groups excluding tert-OH is 3. The van der Waals surface area contributed by atoms with E-state index < -0.39 is 114 Å². The monoisotopic (exact) mass is 974 g/mol. The van der Waals surface area contributed by atoms with Crippen molar-refractivity contribution in [3.8, 4) is 0 Å². The van der Waals surface area contributed by atoms with Crippen LogP contribution in [0.15, 0.2) is 52.8 Å². The summed E-state index contributed by atoms with van der Waals surface area (Å²) in [7, 11) is 3.06. The molecule has 0 radical (unpaired) electrons. The number of hydrogen-bond donors (Lipinski definition) is 6. The van der Waals surface area contributed by atoms with E-state index in [-0.39, 0.29) is 48.9 Å². The highest BCUT2D eigenvalue weighted by atomic mass is 16.6. The zero-order valence-corrected chi connectivity index (χ0v) is 41.7. The summed E-state index contributed by atoms with van der Waals surface area (Å²) < 4.78 is 23.7. The Kier molecular flexibility index (Phi) is 22.4. The molecule has 0 spiro atoms. The Bertz CT molecular complexity index is 1920. The number of piperidine rings is 1. The highest BCUT2D eigenvalue weighted by molar-refractivity contribution is 6.39. The highest BCUT2D eigenvalue weighted by Gasteiger charge is 2.53. The minimum atomic E-state index is -2.49. The van der Waals surface area contributed by atoms with E-state index in [1.165, 1.54) is 14.0 Å². The second-order valence-electron chi connectivity index (χ2n) is 19.8. The van der Waals surface area contributed by atoms with Crippen molar-refractivity contribution in [2.45, 2.75) is 179 Å². The number of aliphatic carboxylic acids is 1. The number of aliphatic hydroxyl groups is 4. The Morgan fingerprint density at radius 1 is 0.913 bits per heavy atom. The summed E-state index contributed by atoms with van der Waals surface area (Å²) >= 11 is 0. The number of ether oxygens (including phenoxy) is 4. The molecule has 0 aromatic carbocycles. The van der Waals surface area contributed by atoms with Crippen molar-refractivity contribution >= 4 is 35.1 Å². The maximum absolute atomic E-state index is 14.5. The molecule has 3 aliphatic heterocycles. The predicted octanol–water partition coefficient (Wildman–Crippen LogP) is 4.11. The number of ketones is 2. The molecule has 15 atom stereocenters. The summed E-state index contributed by atoms with van der Waals surface area (Å²) in [4.78, 5) is 74.5. The third-order valence-electron chi connectivity index (χ3n) is 14.4. The summed E-state index contributed by atoms with van der Waals surface area (Å²) in [5, 5.41) is 58.5. The van der Waals surface area contributed by atoms with Gasteiger partial charge in [-0.3, -0.25) is 14.4 Å². The van der Waals surface area contributed by atoms with Gasteiger partial charge in [-0.25, -0.2) is 9.59 Å². The lowest BCUT2D eigenvalue weighted by Gasteiger charge is -2.42. The minimum absolute atomic E-state index is 0.0153. The van der Waals surface area contributed by atoms with Crippen LogP contribution in [0.4, 0.5) is 0 Å². The molecule has 0 aromatic heterocycles. The number of oxime groups is 1. The van der Waals surface area contributed by atoms with Crippen LogP contribution < -0.4 is 5.73 Å². The van der Waals surface area contributed by atoms with E-state index >= 15 is 0 Å². The van der Waals surface area contributed by atoms with Crippen LogP contribution in [0.1, 0.15) is 119 Å². The fourth-order valence-electron chi connectivity index (χ4n) is 9.98. The first kappa shape index (κ1) is 57.4. The molecule has 0 aromatic rings. The van der Waals surface area contributed by atoms with E-state index in [0.717, 1.165) is 10.5 Å². The number of carbonyl (C=O) groups is 5. The SMILES string of the molecule is CO[C@H]1C[C@@H]2CC[C@@H](C)[C@@](O)(O2)C(=O)C(=O)N2CCCC[C@H]2C(=O)O[C@H]([C@H](N)C[C@@H]2CC[C@@H](O)[C@H](OC)C2)C/C(=N/OCC(=O)O)[C@H](C)/C=C(\C)[C@@H](O)[C@@H](O)C(=O)[C@H](C)C[C@H](C)/C=C/C=C/C=C/1C. The van der Waals surface area contributed by atoms with Gasteiger partial charge in [-0.15, -0.1) is 0 Å². The summed E-state index contributed by atoms with van der Waals surface area (Å²) in [6, 6.07) is -2.14. The zero-order valence-electron chi connectivity index (χ0n) is 41.7. The number of carboxylic acids is 1. The first-order valence-electron chi connectivity index (χ1n) is 24.6. The number of carbonyl (C=O) groups excluding carboxylic acids is 4. The molecule has 1 saturated carbocycles. The lowest BCUT2D eigenvalue weighted by atomic mass is 9.80. The molecule has 2 bridgehead atoms. The normalized spacial score (nSPS) is 39.2. The first-order valence-corrected chi connectivity index (χ1v) is 24.6. The molecule has 18 nitrogen and oxygen atoms in total. The summed E-state index contributed by atoms with van der Waals surface area (Å²) in [6.45, 7) is 9.53. The van der Waals surface area contributed by atoms with Crippen molar-refractivity contribution in [2.24, 2.45) is 40.5 Å². The number of methoxy groups -OCH3 is 2. The van der Waals surface area contributed by atoms with Gasteiger partial charge in [-0.05, 0) is 101 Å². The van der Waals surface area contributed by atoms with E-state index in [4.69, 9.17) is 29.5 Å². The Morgan fingerprint density at radius 2 is 1.64 bits per heavy atom. The standard InChI is InChI=1S/C51H79N3O15/c1-29-14-10-9-11-15-30(2)41(65-7)26-36-19-17-34(6)51(64,69-36)48(61)49(62)54-21-13-12-16-39(54)50(63)68-42(37(52)24-35-18-20-40(55)43(25-35)66-8)27-38(53-67-28-44(56)57)31(3)23-33(5)46(59)47(60)45(58)32(4)22-29/h9-11,14-15,23,29,31-32,34-37,39-43,46-47,55,59-60,64H,12-13,16-22,24-28,52H2,1-8H3,(H,56,57)/b11-9+,14-10+,30-15+,33-23+,53-38-/t29-,31-,32-,34-,35+,36+,37-,39+,40-,41+,42+,43-,46-,47+,51-/m1/s1. The van der Waals surface area contributed by atoms with Crippen LogP contribution in [-0.2, 0) is 47.8 Å². The molecular weight excluding hydrogens is 895 g/mol. The van der Waals surface area contributed by atoms with Gasteiger partial charge in [-0.2, -0.15) is 0 Å². The molecule has 69 heavy (non-hydrogen) atoms. The molecule has 18 heteroatoms. The summed E-state index contributed by atoms with van der Waals surface area (Å²) in [5.41, 5.74) is 8.13. The molecular formula is C51H79N3O15. The Balaban J connectivity index is 1.77. The van der Waals surface area contributed by atoms with E-state index in [1.54, 1.807) is 34.0 Å². The molecule has 4 aliphatic rings. The van der Waals surface area contributed by atoms with Crippen LogP contribution >= 0.6 is 0 Å². The fourth-order valence-corrected chi connectivity index (χ4v) is 9.98. The first-order chi connectivity index (χ1) is 32.6. The topological polar surface area (TPSA) is 274 Å². The maximum Gasteiger partial charge on any atom is 0.344 e.